The van der Waals surface area contributed by atoms with Crippen LogP contribution in [0.3, 0.4) is 0 Å². The van der Waals surface area contributed by atoms with E-state index in [0.29, 0.717) is 13.2 Å². The molecule has 1 heterocycles. The summed E-state index contributed by atoms with van der Waals surface area (Å²) in [6, 6.07) is 0. The molecule has 0 bridgehead atoms. The first kappa shape index (κ1) is 10.1. The fourth-order valence-electron chi connectivity index (χ4n) is 1.23. The highest BCUT2D eigenvalue weighted by molar-refractivity contribution is 7.79. The summed E-state index contributed by atoms with van der Waals surface area (Å²) in [4.78, 5) is 0. The Balaban J connectivity index is 2.45. The highest BCUT2D eigenvalue weighted by Crippen LogP contribution is 2.24. The summed E-state index contributed by atoms with van der Waals surface area (Å²) in [5.41, 5.74) is -0.569. The largest absolute Gasteiger partial charge is 0.772 e. The van der Waals surface area contributed by atoms with E-state index >= 15 is 0 Å². The molecule has 0 aromatic carbocycles. The molecule has 1 atom stereocenters. The predicted molar refractivity (Wildman–Crippen MR) is 43.6 cm³/mol. The molecule has 0 spiro atoms. The van der Waals surface area contributed by atoms with Crippen LogP contribution in [0.1, 0.15) is 13.8 Å². The van der Waals surface area contributed by atoms with Gasteiger partial charge in [0.05, 0.1) is 19.3 Å². The maximum Gasteiger partial charge on any atom is 0.125 e. The molecule has 1 unspecified atom stereocenters. The normalized spacial score (nSPS) is 23.7. The third-order valence-electron chi connectivity index (χ3n) is 1.60. The second kappa shape index (κ2) is 3.83. The standard InChI is InChI=1S/C7H14O4S/c1-6(2)11-7(3-10-4-7)5-12(8)9/h6H,3-5H2,1-2H3,(H,8,9)/p-1. The lowest BCUT2D eigenvalue weighted by molar-refractivity contribution is -0.212. The van der Waals surface area contributed by atoms with Gasteiger partial charge >= 0.3 is 0 Å². The van der Waals surface area contributed by atoms with Gasteiger partial charge in [0.15, 0.2) is 0 Å². The maximum absolute atomic E-state index is 10.5. The molecular formula is C7H13O4S-. The number of hydrogen-bond donors (Lipinski definition) is 0. The number of ether oxygens (including phenoxy) is 2. The van der Waals surface area contributed by atoms with Crippen LogP contribution in [0.5, 0.6) is 0 Å². The van der Waals surface area contributed by atoms with Gasteiger partial charge in [-0.15, -0.1) is 0 Å². The zero-order chi connectivity index (χ0) is 9.19. The van der Waals surface area contributed by atoms with Crippen molar-refractivity contribution >= 4 is 11.1 Å². The summed E-state index contributed by atoms with van der Waals surface area (Å²) >= 11 is -2.06. The van der Waals surface area contributed by atoms with Crippen molar-refractivity contribution in [3.8, 4) is 0 Å². The van der Waals surface area contributed by atoms with Gasteiger partial charge in [0.1, 0.15) is 5.60 Å². The van der Waals surface area contributed by atoms with Gasteiger partial charge in [0.25, 0.3) is 0 Å². The summed E-state index contributed by atoms with van der Waals surface area (Å²) in [6.45, 7) is 4.54. The van der Waals surface area contributed by atoms with Gasteiger partial charge in [-0.1, -0.05) is 11.1 Å². The second-order valence-corrected chi connectivity index (χ2v) is 4.19. The Morgan fingerprint density at radius 1 is 1.67 bits per heavy atom. The van der Waals surface area contributed by atoms with Crippen LogP contribution >= 0.6 is 0 Å². The van der Waals surface area contributed by atoms with Crippen LogP contribution in [0.15, 0.2) is 0 Å². The zero-order valence-electron chi connectivity index (χ0n) is 7.24. The van der Waals surface area contributed by atoms with Gasteiger partial charge in [-0.25, -0.2) is 0 Å². The van der Waals surface area contributed by atoms with Gasteiger partial charge in [-0.3, -0.25) is 4.21 Å². The molecule has 0 aliphatic carbocycles. The van der Waals surface area contributed by atoms with E-state index in [9.17, 15) is 8.76 Å². The second-order valence-electron chi connectivity index (χ2n) is 3.29. The quantitative estimate of drug-likeness (QED) is 0.592. The van der Waals surface area contributed by atoms with Gasteiger partial charge in [-0.05, 0) is 13.8 Å². The van der Waals surface area contributed by atoms with E-state index in [1.165, 1.54) is 0 Å². The SMILES string of the molecule is CC(C)OC1(CS(=O)[O-])COC1. The van der Waals surface area contributed by atoms with Crippen molar-refractivity contribution in [1.82, 2.24) is 0 Å². The van der Waals surface area contributed by atoms with Crippen LogP contribution in [0.4, 0.5) is 0 Å². The Morgan fingerprint density at radius 2 is 2.25 bits per heavy atom. The fourth-order valence-corrected chi connectivity index (χ4v) is 1.89. The van der Waals surface area contributed by atoms with Crippen LogP contribution in [0.2, 0.25) is 0 Å². The number of rotatable bonds is 4. The summed E-state index contributed by atoms with van der Waals surface area (Å²) in [5.74, 6) is 0.0329. The third-order valence-corrected chi connectivity index (χ3v) is 2.36. The molecule has 0 aromatic rings. The number of hydrogen-bond acceptors (Lipinski definition) is 4. The summed E-state index contributed by atoms with van der Waals surface area (Å²) < 4.78 is 31.3. The van der Waals surface area contributed by atoms with E-state index in [-0.39, 0.29) is 11.9 Å². The predicted octanol–water partition coefficient (Wildman–Crippen LogP) is 0.0595. The Morgan fingerprint density at radius 3 is 2.50 bits per heavy atom. The molecular weight excluding hydrogens is 180 g/mol. The Hall–Kier alpha value is 0.0300. The van der Waals surface area contributed by atoms with Gasteiger partial charge in [-0.2, -0.15) is 0 Å². The van der Waals surface area contributed by atoms with Crippen LogP contribution < -0.4 is 0 Å². The average Bonchev–Trinajstić information content (AvgIpc) is 1.80. The molecule has 0 radical (unpaired) electrons. The molecule has 1 aliphatic rings. The monoisotopic (exact) mass is 193 g/mol. The summed E-state index contributed by atoms with van der Waals surface area (Å²) in [5, 5.41) is 0. The van der Waals surface area contributed by atoms with Gasteiger partial charge < -0.3 is 14.0 Å². The van der Waals surface area contributed by atoms with E-state index in [1.807, 2.05) is 13.8 Å². The van der Waals surface area contributed by atoms with E-state index in [1.54, 1.807) is 0 Å². The molecule has 0 amide bonds. The average molecular weight is 193 g/mol. The summed E-state index contributed by atoms with van der Waals surface area (Å²) in [7, 11) is 0. The van der Waals surface area contributed by atoms with Crippen LogP contribution in [-0.4, -0.2) is 39.4 Å². The first-order valence-corrected chi connectivity index (χ1v) is 5.10. The molecule has 72 valence electrons. The lowest BCUT2D eigenvalue weighted by Crippen LogP contribution is -2.56. The first-order valence-electron chi connectivity index (χ1n) is 3.85. The van der Waals surface area contributed by atoms with Crippen molar-refractivity contribution in [2.75, 3.05) is 19.0 Å². The lowest BCUT2D eigenvalue weighted by atomic mass is 10.1. The topological polar surface area (TPSA) is 58.6 Å². The molecule has 1 fully saturated rings. The highest BCUT2D eigenvalue weighted by Gasteiger charge is 2.40. The fraction of sp³-hybridized carbons (Fsp3) is 1.00. The molecule has 1 saturated heterocycles. The van der Waals surface area contributed by atoms with Crippen molar-refractivity contribution < 1.29 is 18.2 Å². The molecule has 1 rings (SSSR count). The molecule has 4 nitrogen and oxygen atoms in total. The van der Waals surface area contributed by atoms with Crippen molar-refractivity contribution in [2.24, 2.45) is 0 Å². The lowest BCUT2D eigenvalue weighted by Gasteiger charge is -2.42. The molecule has 0 N–H and O–H groups in total. The van der Waals surface area contributed by atoms with Crippen molar-refractivity contribution in [1.29, 1.82) is 0 Å². The van der Waals surface area contributed by atoms with Crippen molar-refractivity contribution in [2.45, 2.75) is 25.6 Å². The Kier molecular flexibility index (Phi) is 3.22. The van der Waals surface area contributed by atoms with Crippen LogP contribution in [0.25, 0.3) is 0 Å². The van der Waals surface area contributed by atoms with Crippen molar-refractivity contribution in [3.63, 3.8) is 0 Å². The van der Waals surface area contributed by atoms with E-state index in [2.05, 4.69) is 0 Å². The molecule has 0 aromatic heterocycles. The van der Waals surface area contributed by atoms with E-state index < -0.39 is 16.7 Å². The van der Waals surface area contributed by atoms with Gasteiger partial charge in [0, 0.05) is 5.75 Å². The Bertz CT molecular complexity index is 176. The maximum atomic E-state index is 10.5. The van der Waals surface area contributed by atoms with E-state index in [0.717, 1.165) is 0 Å². The molecule has 5 heteroatoms. The summed E-state index contributed by atoms with van der Waals surface area (Å²) in [6.07, 6.45) is 0.0393. The van der Waals surface area contributed by atoms with E-state index in [4.69, 9.17) is 9.47 Å². The first-order chi connectivity index (χ1) is 5.54. The molecule has 1 aliphatic heterocycles. The molecule has 12 heavy (non-hydrogen) atoms. The van der Waals surface area contributed by atoms with Gasteiger partial charge in [0.2, 0.25) is 0 Å². The smallest absolute Gasteiger partial charge is 0.125 e. The minimum atomic E-state index is -2.06. The minimum Gasteiger partial charge on any atom is -0.772 e. The zero-order valence-corrected chi connectivity index (χ0v) is 8.06. The Labute approximate surface area is 74.5 Å². The highest BCUT2D eigenvalue weighted by atomic mass is 32.2. The van der Waals surface area contributed by atoms with Crippen molar-refractivity contribution in [3.05, 3.63) is 0 Å². The van der Waals surface area contributed by atoms with Crippen LogP contribution in [-0.2, 0) is 20.6 Å². The minimum absolute atomic E-state index is 0.0329. The third kappa shape index (κ3) is 2.52. The molecule has 0 saturated carbocycles. The van der Waals surface area contributed by atoms with Crippen LogP contribution in [0, 0.1) is 0 Å².